The van der Waals surface area contributed by atoms with Crippen LogP contribution in [-0.4, -0.2) is 31.7 Å². The first-order valence-corrected chi connectivity index (χ1v) is 10.00. The fourth-order valence-corrected chi connectivity index (χ4v) is 4.70. The summed E-state index contributed by atoms with van der Waals surface area (Å²) in [6.45, 7) is 0. The zero-order chi connectivity index (χ0) is 19.7. The molecule has 0 saturated heterocycles. The summed E-state index contributed by atoms with van der Waals surface area (Å²) in [7, 11) is 0. The lowest BCUT2D eigenvalue weighted by molar-refractivity contribution is 0.102. The first kappa shape index (κ1) is 18.4. The highest BCUT2D eigenvalue weighted by molar-refractivity contribution is 8.00. The van der Waals surface area contributed by atoms with Crippen LogP contribution in [0.15, 0.2) is 59.9 Å². The number of carbonyl (C=O) groups excluding carboxylic acids is 1. The van der Waals surface area contributed by atoms with Gasteiger partial charge in [0.1, 0.15) is 17.2 Å². The van der Waals surface area contributed by atoms with Gasteiger partial charge in [0.2, 0.25) is 0 Å². The van der Waals surface area contributed by atoms with Crippen molar-refractivity contribution < 1.29 is 19.4 Å². The molecule has 4 rings (SSSR count). The van der Waals surface area contributed by atoms with Gasteiger partial charge in [0, 0.05) is 10.4 Å². The zero-order valence-electron chi connectivity index (χ0n) is 14.3. The molecule has 2 heterocycles. The number of aromatic hydroxyl groups is 2. The third-order valence-corrected chi connectivity index (χ3v) is 6.34. The predicted molar refractivity (Wildman–Crippen MR) is 108 cm³/mol. The van der Waals surface area contributed by atoms with Gasteiger partial charge in [-0.3, -0.25) is 4.79 Å². The fraction of sp³-hybridized carbons (Fsp3) is 0.0500. The van der Waals surface area contributed by atoms with Crippen molar-refractivity contribution in [1.82, 2.24) is 9.97 Å². The number of thioether (sulfide) groups is 1. The smallest absolute Gasteiger partial charge is 0.173 e. The van der Waals surface area contributed by atoms with Crippen molar-refractivity contribution in [1.29, 1.82) is 0 Å². The van der Waals surface area contributed by atoms with Crippen molar-refractivity contribution in [3.05, 3.63) is 66.2 Å². The number of hydrogen-bond acceptors (Lipinski definition) is 7. The van der Waals surface area contributed by atoms with Gasteiger partial charge in [-0.1, -0.05) is 23.9 Å². The molecule has 2 aromatic carbocycles. The van der Waals surface area contributed by atoms with Crippen LogP contribution in [-0.2, 0) is 0 Å². The largest absolute Gasteiger partial charge is 0.504 e. The highest BCUT2D eigenvalue weighted by atomic mass is 32.2. The molecule has 4 aromatic rings. The molecule has 0 atom stereocenters. The fourth-order valence-electron chi connectivity index (χ4n) is 2.61. The molecule has 0 amide bonds. The van der Waals surface area contributed by atoms with Gasteiger partial charge in [-0.2, -0.15) is 0 Å². The van der Waals surface area contributed by atoms with Crippen molar-refractivity contribution in [3.63, 3.8) is 0 Å². The number of aromatic nitrogens is 2. The maximum absolute atomic E-state index is 13.2. The van der Waals surface area contributed by atoms with Crippen molar-refractivity contribution in [2.75, 3.05) is 5.75 Å². The minimum absolute atomic E-state index is 0.125. The van der Waals surface area contributed by atoms with Crippen LogP contribution in [0.2, 0.25) is 0 Å². The number of thiophene rings is 1. The normalized spacial score (nSPS) is 11.0. The standard InChI is InChI=1S/C20H13FN2O3S2/c21-13-4-1-11(2-5-13)18-8-14-19(28-18)20(23-10-22-14)27-9-17(26)12-3-6-15(24)16(25)7-12/h1-8,10,24-25H,9H2. The number of hydrogen-bond donors (Lipinski definition) is 2. The minimum Gasteiger partial charge on any atom is -0.504 e. The molecule has 2 aromatic heterocycles. The van der Waals surface area contributed by atoms with Crippen LogP contribution in [0, 0.1) is 5.82 Å². The third kappa shape index (κ3) is 3.69. The van der Waals surface area contributed by atoms with E-state index >= 15 is 0 Å². The second-order valence-electron chi connectivity index (χ2n) is 5.93. The molecular weight excluding hydrogens is 399 g/mol. The molecule has 0 spiro atoms. The number of fused-ring (bicyclic) bond motifs is 1. The molecule has 8 heteroatoms. The number of phenolic OH excluding ortho intramolecular Hbond substituents is 2. The molecule has 0 bridgehead atoms. The van der Waals surface area contributed by atoms with E-state index in [1.54, 1.807) is 12.1 Å². The monoisotopic (exact) mass is 412 g/mol. The maximum atomic E-state index is 13.2. The summed E-state index contributed by atoms with van der Waals surface area (Å²) in [5, 5.41) is 19.6. The van der Waals surface area contributed by atoms with E-state index in [0.717, 1.165) is 20.7 Å². The Morgan fingerprint density at radius 2 is 1.82 bits per heavy atom. The Morgan fingerprint density at radius 1 is 1.04 bits per heavy atom. The van der Waals surface area contributed by atoms with Crippen LogP contribution < -0.4 is 0 Å². The van der Waals surface area contributed by atoms with Crippen molar-refractivity contribution >= 4 is 39.1 Å². The molecule has 0 radical (unpaired) electrons. The lowest BCUT2D eigenvalue weighted by Crippen LogP contribution is -2.02. The van der Waals surface area contributed by atoms with Crippen molar-refractivity contribution in [3.8, 4) is 21.9 Å². The summed E-state index contributed by atoms with van der Waals surface area (Å²) >= 11 is 2.76. The van der Waals surface area contributed by atoms with E-state index in [1.165, 1.54) is 59.8 Å². The van der Waals surface area contributed by atoms with E-state index in [2.05, 4.69) is 9.97 Å². The summed E-state index contributed by atoms with van der Waals surface area (Å²) in [5.74, 6) is -0.960. The highest BCUT2D eigenvalue weighted by Crippen LogP contribution is 2.37. The van der Waals surface area contributed by atoms with Crippen LogP contribution in [0.5, 0.6) is 11.5 Å². The van der Waals surface area contributed by atoms with Crippen molar-refractivity contribution in [2.24, 2.45) is 0 Å². The molecule has 0 aliphatic carbocycles. The lowest BCUT2D eigenvalue weighted by atomic mass is 10.1. The lowest BCUT2D eigenvalue weighted by Gasteiger charge is -2.03. The Hall–Kier alpha value is -2.97. The average molecular weight is 412 g/mol. The number of ketones is 1. The van der Waals surface area contributed by atoms with E-state index in [9.17, 15) is 19.4 Å². The van der Waals surface area contributed by atoms with Crippen LogP contribution in [0.4, 0.5) is 4.39 Å². The van der Waals surface area contributed by atoms with Gasteiger partial charge in [-0.15, -0.1) is 11.3 Å². The van der Waals surface area contributed by atoms with Crippen LogP contribution in [0.1, 0.15) is 10.4 Å². The SMILES string of the molecule is O=C(CSc1ncnc2cc(-c3ccc(F)cc3)sc12)c1ccc(O)c(O)c1. The average Bonchev–Trinajstić information content (AvgIpc) is 3.13. The number of carbonyl (C=O) groups is 1. The molecular formula is C20H13FN2O3S2. The molecule has 0 aliphatic rings. The third-order valence-electron chi connectivity index (χ3n) is 4.04. The molecule has 5 nitrogen and oxygen atoms in total. The number of rotatable bonds is 5. The molecule has 0 unspecified atom stereocenters. The van der Waals surface area contributed by atoms with Gasteiger partial charge < -0.3 is 10.2 Å². The molecule has 2 N–H and O–H groups in total. The van der Waals surface area contributed by atoms with Gasteiger partial charge in [-0.25, -0.2) is 14.4 Å². The van der Waals surface area contributed by atoms with Crippen molar-refractivity contribution in [2.45, 2.75) is 5.03 Å². The molecule has 140 valence electrons. The summed E-state index contributed by atoms with van der Waals surface area (Å²) < 4.78 is 14.0. The Morgan fingerprint density at radius 3 is 2.57 bits per heavy atom. The Balaban J connectivity index is 1.57. The quantitative estimate of drug-likeness (QED) is 0.210. The molecule has 28 heavy (non-hydrogen) atoms. The molecule has 0 aliphatic heterocycles. The summed E-state index contributed by atoms with van der Waals surface area (Å²) in [6.07, 6.45) is 1.45. The minimum atomic E-state index is -0.331. The van der Waals surface area contributed by atoms with Crippen LogP contribution in [0.3, 0.4) is 0 Å². The zero-order valence-corrected chi connectivity index (χ0v) is 15.9. The first-order valence-electron chi connectivity index (χ1n) is 8.20. The highest BCUT2D eigenvalue weighted by Gasteiger charge is 2.14. The number of phenols is 2. The Bertz CT molecular complexity index is 1180. The van der Waals surface area contributed by atoms with Crippen LogP contribution in [0.25, 0.3) is 20.7 Å². The number of benzene rings is 2. The van der Waals surface area contributed by atoms with Gasteiger partial charge in [0.15, 0.2) is 17.3 Å². The van der Waals surface area contributed by atoms with E-state index in [4.69, 9.17) is 0 Å². The van der Waals surface area contributed by atoms with Gasteiger partial charge in [0.25, 0.3) is 0 Å². The topological polar surface area (TPSA) is 83.3 Å². The van der Waals surface area contributed by atoms with E-state index in [1.807, 2.05) is 6.07 Å². The predicted octanol–water partition coefficient (Wildman–Crippen LogP) is 4.88. The Kier molecular flexibility index (Phi) is 4.97. The van der Waals surface area contributed by atoms with Gasteiger partial charge >= 0.3 is 0 Å². The molecule has 0 saturated carbocycles. The maximum Gasteiger partial charge on any atom is 0.173 e. The van der Waals surface area contributed by atoms with E-state index in [-0.39, 0.29) is 28.9 Å². The van der Waals surface area contributed by atoms with Gasteiger partial charge in [-0.05, 0) is 42.0 Å². The summed E-state index contributed by atoms with van der Waals surface area (Å²) in [6, 6.07) is 12.1. The number of Topliss-reactive ketones (excluding diaryl/α,β-unsaturated/α-hetero) is 1. The second-order valence-corrected chi connectivity index (χ2v) is 7.94. The summed E-state index contributed by atoms with van der Waals surface area (Å²) in [4.78, 5) is 21.9. The van der Waals surface area contributed by atoms with Crippen LogP contribution >= 0.6 is 23.1 Å². The van der Waals surface area contributed by atoms with E-state index < -0.39 is 0 Å². The number of nitrogens with zero attached hydrogens (tertiary/aromatic N) is 2. The summed E-state index contributed by atoms with van der Waals surface area (Å²) in [5.41, 5.74) is 1.96. The van der Waals surface area contributed by atoms with E-state index in [0.29, 0.717) is 10.6 Å². The van der Waals surface area contributed by atoms with Gasteiger partial charge in [0.05, 0.1) is 16.0 Å². The first-order chi connectivity index (χ1) is 13.5. The number of halogens is 1. The Labute approximate surface area is 167 Å². The molecule has 0 fully saturated rings. The second kappa shape index (κ2) is 7.57.